The van der Waals surface area contributed by atoms with Gasteiger partial charge in [0.25, 0.3) is 0 Å². The van der Waals surface area contributed by atoms with Crippen molar-refractivity contribution in [3.8, 4) is 0 Å². The van der Waals surface area contributed by atoms with Gasteiger partial charge in [-0.05, 0) is 17.2 Å². The van der Waals surface area contributed by atoms with Gasteiger partial charge in [0, 0.05) is 6.42 Å². The van der Waals surface area contributed by atoms with Gasteiger partial charge in [0.1, 0.15) is 5.82 Å². The molecule has 1 aliphatic rings. The summed E-state index contributed by atoms with van der Waals surface area (Å²) in [5.41, 5.74) is 2.08. The van der Waals surface area contributed by atoms with Gasteiger partial charge in [0.05, 0.1) is 0 Å². The smallest absolute Gasteiger partial charge is 0.127 e. The summed E-state index contributed by atoms with van der Waals surface area (Å²) in [6.45, 7) is 0. The van der Waals surface area contributed by atoms with E-state index in [2.05, 4.69) is 0 Å². The Labute approximate surface area is 47.0 Å². The quantitative estimate of drug-likeness (QED) is 0.482. The minimum Gasteiger partial charge on any atom is -0.207 e. The van der Waals surface area contributed by atoms with E-state index >= 15 is 0 Å². The van der Waals surface area contributed by atoms with Crippen LogP contribution < -0.4 is 0 Å². The van der Waals surface area contributed by atoms with Crippen molar-refractivity contribution in [3.05, 3.63) is 35.1 Å². The molecule has 0 spiro atoms. The van der Waals surface area contributed by atoms with E-state index in [4.69, 9.17) is 0 Å². The van der Waals surface area contributed by atoms with Gasteiger partial charge in [-0.3, -0.25) is 0 Å². The minimum absolute atomic E-state index is 0.0394. The summed E-state index contributed by atoms with van der Waals surface area (Å²) in [6.07, 6.45) is 0.874. The Bertz CT molecular complexity index is 228. The number of benzene rings is 1. The third kappa shape index (κ3) is 0.386. The predicted octanol–water partition coefficient (Wildman–Crippen LogP) is 1.73. The van der Waals surface area contributed by atoms with Gasteiger partial charge < -0.3 is 0 Å². The van der Waals surface area contributed by atoms with Crippen LogP contribution in [0.2, 0.25) is 0 Å². The lowest BCUT2D eigenvalue weighted by Gasteiger charge is -1.78. The monoisotopic (exact) mass is 108 g/mol. The highest BCUT2D eigenvalue weighted by atomic mass is 19.1. The summed E-state index contributed by atoms with van der Waals surface area (Å²) in [4.78, 5) is 0. The van der Waals surface area contributed by atoms with Crippen molar-refractivity contribution in [3.63, 3.8) is 0 Å². The molecule has 2 rings (SSSR count). The zero-order valence-electron chi connectivity index (χ0n) is 4.32. The van der Waals surface area contributed by atoms with Crippen LogP contribution in [0.5, 0.6) is 0 Å². The summed E-state index contributed by atoms with van der Waals surface area (Å²) in [6, 6.07) is 5.21. The number of fused-ring (bicyclic) bond motifs is 1. The number of hydrogen-bond donors (Lipinski definition) is 0. The van der Waals surface area contributed by atoms with E-state index in [-0.39, 0.29) is 5.82 Å². The van der Waals surface area contributed by atoms with Crippen LogP contribution in [-0.2, 0) is 6.42 Å². The van der Waals surface area contributed by atoms with Gasteiger partial charge in [0.2, 0.25) is 0 Å². The third-order valence-electron chi connectivity index (χ3n) is 1.46. The molecule has 1 heteroatoms. The molecule has 8 heavy (non-hydrogen) atoms. The molecule has 0 bridgehead atoms. The lowest BCUT2D eigenvalue weighted by molar-refractivity contribution is 0.625. The molecule has 0 unspecified atom stereocenters. The lowest BCUT2D eigenvalue weighted by Crippen LogP contribution is -1.65. The van der Waals surface area contributed by atoms with E-state index in [1.54, 1.807) is 6.07 Å². The Morgan fingerprint density at radius 1 is 1.38 bits per heavy atom. The predicted molar refractivity (Wildman–Crippen MR) is 29.2 cm³/mol. The first-order valence-electron chi connectivity index (χ1n) is 2.64. The van der Waals surface area contributed by atoms with E-state index < -0.39 is 0 Å². The van der Waals surface area contributed by atoms with Gasteiger partial charge in [-0.25, -0.2) is 4.39 Å². The first-order valence-corrected chi connectivity index (χ1v) is 2.64. The minimum atomic E-state index is -0.0394. The molecule has 0 saturated heterocycles. The van der Waals surface area contributed by atoms with Crippen LogP contribution in [0.4, 0.5) is 4.39 Å². The first kappa shape index (κ1) is 4.07. The molecular formula is C7H5F. The topological polar surface area (TPSA) is 0 Å². The van der Waals surface area contributed by atoms with Crippen molar-refractivity contribution < 1.29 is 4.39 Å². The number of halogens is 1. The van der Waals surface area contributed by atoms with Crippen LogP contribution in [0.1, 0.15) is 11.1 Å². The van der Waals surface area contributed by atoms with Gasteiger partial charge in [0.15, 0.2) is 0 Å². The summed E-state index contributed by atoms with van der Waals surface area (Å²) in [5.74, 6) is -0.0394. The van der Waals surface area contributed by atoms with Crippen LogP contribution in [0.3, 0.4) is 0 Å². The molecule has 0 fully saturated rings. The normalized spacial score (nSPS) is 13.1. The van der Waals surface area contributed by atoms with Crippen molar-refractivity contribution in [2.45, 2.75) is 6.42 Å². The van der Waals surface area contributed by atoms with E-state index in [1.165, 1.54) is 11.6 Å². The Hall–Kier alpha value is -0.850. The molecule has 1 aliphatic carbocycles. The van der Waals surface area contributed by atoms with Gasteiger partial charge in [-0.2, -0.15) is 0 Å². The second-order valence-corrected chi connectivity index (χ2v) is 2.05. The van der Waals surface area contributed by atoms with E-state index in [1.807, 2.05) is 6.07 Å². The maximum Gasteiger partial charge on any atom is 0.127 e. The van der Waals surface area contributed by atoms with E-state index in [0.717, 1.165) is 12.0 Å². The van der Waals surface area contributed by atoms with Gasteiger partial charge in [-0.15, -0.1) is 0 Å². The molecule has 1 aromatic rings. The van der Waals surface area contributed by atoms with Gasteiger partial charge in [-0.1, -0.05) is 12.1 Å². The highest BCUT2D eigenvalue weighted by Gasteiger charge is 2.19. The highest BCUT2D eigenvalue weighted by Crippen LogP contribution is 2.29. The van der Waals surface area contributed by atoms with Crippen molar-refractivity contribution in [1.29, 1.82) is 0 Å². The third-order valence-corrected chi connectivity index (χ3v) is 1.46. The average molecular weight is 108 g/mol. The van der Waals surface area contributed by atoms with Crippen LogP contribution in [0, 0.1) is 5.82 Å². The molecule has 40 valence electrons. The van der Waals surface area contributed by atoms with E-state index in [9.17, 15) is 4.39 Å². The molecule has 0 radical (unpaired) electrons. The SMILES string of the molecule is Fc1cccc2c1C2. The standard InChI is InChI=1S/C7H5F/c8-7-3-1-2-5-4-6(5)7/h1-3H,4H2. The maximum absolute atomic E-state index is 12.4. The number of hydrogen-bond acceptors (Lipinski definition) is 0. The molecule has 0 saturated carbocycles. The summed E-state index contributed by atoms with van der Waals surface area (Å²) in [5, 5.41) is 0. The summed E-state index contributed by atoms with van der Waals surface area (Å²) >= 11 is 0. The Balaban J connectivity index is 2.70. The van der Waals surface area contributed by atoms with Crippen LogP contribution in [0.25, 0.3) is 0 Å². The first-order chi connectivity index (χ1) is 3.88. The molecule has 0 atom stereocenters. The zero-order chi connectivity index (χ0) is 5.56. The summed E-state index contributed by atoms with van der Waals surface area (Å²) < 4.78 is 12.4. The van der Waals surface area contributed by atoms with Crippen LogP contribution >= 0.6 is 0 Å². The molecule has 0 heterocycles. The second-order valence-electron chi connectivity index (χ2n) is 2.05. The average Bonchev–Trinajstić information content (AvgIpc) is 2.45. The highest BCUT2D eigenvalue weighted by molar-refractivity contribution is 5.45. The van der Waals surface area contributed by atoms with Crippen molar-refractivity contribution in [1.82, 2.24) is 0 Å². The lowest BCUT2D eigenvalue weighted by atomic mass is 10.4. The molecule has 1 aromatic carbocycles. The molecule has 0 nitrogen and oxygen atoms in total. The maximum atomic E-state index is 12.4. The zero-order valence-corrected chi connectivity index (χ0v) is 4.32. The Morgan fingerprint density at radius 3 is 2.88 bits per heavy atom. The second kappa shape index (κ2) is 1.10. The molecule has 0 aromatic heterocycles. The fraction of sp³-hybridized carbons (Fsp3) is 0.143. The largest absolute Gasteiger partial charge is 0.207 e. The fourth-order valence-electron chi connectivity index (χ4n) is 0.893. The van der Waals surface area contributed by atoms with Crippen molar-refractivity contribution in [2.75, 3.05) is 0 Å². The Morgan fingerprint density at radius 2 is 2.25 bits per heavy atom. The van der Waals surface area contributed by atoms with E-state index in [0.29, 0.717) is 0 Å². The molecule has 0 amide bonds. The van der Waals surface area contributed by atoms with Crippen molar-refractivity contribution >= 4 is 0 Å². The number of rotatable bonds is 0. The summed E-state index contributed by atoms with van der Waals surface area (Å²) in [7, 11) is 0. The molecule has 0 N–H and O–H groups in total. The Kier molecular flexibility index (Phi) is 0.562. The molecule has 0 aliphatic heterocycles. The van der Waals surface area contributed by atoms with Crippen LogP contribution in [0.15, 0.2) is 18.2 Å². The fourth-order valence-corrected chi connectivity index (χ4v) is 0.893. The van der Waals surface area contributed by atoms with Crippen LogP contribution in [-0.4, -0.2) is 0 Å². The molecular weight excluding hydrogens is 103 g/mol. The van der Waals surface area contributed by atoms with Crippen molar-refractivity contribution in [2.24, 2.45) is 0 Å². The van der Waals surface area contributed by atoms with Gasteiger partial charge >= 0.3 is 0 Å².